The van der Waals surface area contributed by atoms with E-state index in [1.165, 1.54) is 21.8 Å². The lowest BCUT2D eigenvalue weighted by Gasteiger charge is -2.23. The monoisotopic (exact) mass is 316 g/mol. The Kier molecular flexibility index (Phi) is 4.47. The van der Waals surface area contributed by atoms with E-state index in [2.05, 4.69) is 59.4 Å². The number of nitrogens with two attached hydrogens (primary N) is 1. The number of anilines is 1. The number of benzene rings is 1. The Morgan fingerprint density at radius 2 is 2.23 bits per heavy atom. The fraction of sp³-hybridized carbons (Fsp3) is 0.471. The van der Waals surface area contributed by atoms with Crippen LogP contribution in [0.4, 0.5) is 5.69 Å². The summed E-state index contributed by atoms with van der Waals surface area (Å²) in [6, 6.07) is 7.07. The summed E-state index contributed by atoms with van der Waals surface area (Å²) in [5.74, 6) is 0. The van der Waals surface area contributed by atoms with Crippen LogP contribution in [0.15, 0.2) is 23.6 Å². The molecule has 5 heteroatoms. The third kappa shape index (κ3) is 3.02. The van der Waals surface area contributed by atoms with Crippen LogP contribution in [0.25, 0.3) is 0 Å². The molecule has 0 fully saturated rings. The number of thiazole rings is 1. The summed E-state index contributed by atoms with van der Waals surface area (Å²) in [4.78, 5) is 9.20. The molecule has 1 atom stereocenters. The van der Waals surface area contributed by atoms with Gasteiger partial charge in [0.1, 0.15) is 0 Å². The minimum Gasteiger partial charge on any atom is -0.378 e. The second-order valence-corrected chi connectivity index (χ2v) is 7.07. The van der Waals surface area contributed by atoms with Crippen molar-refractivity contribution in [2.24, 2.45) is 5.73 Å². The maximum absolute atomic E-state index is 6.07. The molecule has 118 valence electrons. The van der Waals surface area contributed by atoms with Gasteiger partial charge >= 0.3 is 0 Å². The van der Waals surface area contributed by atoms with E-state index in [0.717, 1.165) is 25.2 Å². The normalized spacial score (nSPS) is 17.7. The van der Waals surface area contributed by atoms with Crippen molar-refractivity contribution in [3.63, 3.8) is 0 Å². The number of hydrogen-bond acceptors (Lipinski definition) is 5. The van der Waals surface area contributed by atoms with Gasteiger partial charge in [-0.3, -0.25) is 4.90 Å². The van der Waals surface area contributed by atoms with E-state index in [0.29, 0.717) is 12.6 Å². The Balaban J connectivity index is 1.74. The zero-order chi connectivity index (χ0) is 15.7. The molecule has 2 aromatic rings. The molecule has 0 saturated carbocycles. The van der Waals surface area contributed by atoms with E-state index in [1.54, 1.807) is 11.3 Å². The molecule has 0 saturated heterocycles. The second-order valence-electron chi connectivity index (χ2n) is 6.13. The number of hydrogen-bond donors (Lipinski definition) is 1. The average molecular weight is 316 g/mol. The first-order chi connectivity index (χ1) is 10.6. The Labute approximate surface area is 136 Å². The quantitative estimate of drug-likeness (QED) is 0.921. The van der Waals surface area contributed by atoms with E-state index in [-0.39, 0.29) is 0 Å². The van der Waals surface area contributed by atoms with E-state index in [9.17, 15) is 0 Å². The highest BCUT2D eigenvalue weighted by Crippen LogP contribution is 2.35. The molecule has 0 radical (unpaired) electrons. The van der Waals surface area contributed by atoms with E-state index in [4.69, 9.17) is 5.73 Å². The lowest BCUT2D eigenvalue weighted by atomic mass is 10.0. The highest BCUT2D eigenvalue weighted by molar-refractivity contribution is 7.09. The van der Waals surface area contributed by atoms with Crippen LogP contribution in [-0.4, -0.2) is 37.1 Å². The smallest absolute Gasteiger partial charge is 0.0940 e. The number of nitrogens with zero attached hydrogens (tertiary/aromatic N) is 3. The highest BCUT2D eigenvalue weighted by atomic mass is 32.1. The number of fused-ring (bicyclic) bond motifs is 1. The van der Waals surface area contributed by atoms with Crippen LogP contribution in [0.5, 0.6) is 0 Å². The van der Waals surface area contributed by atoms with Crippen LogP contribution >= 0.6 is 11.3 Å². The van der Waals surface area contributed by atoms with E-state index < -0.39 is 0 Å². The largest absolute Gasteiger partial charge is 0.378 e. The summed E-state index contributed by atoms with van der Waals surface area (Å²) in [7, 11) is 4.16. The summed E-state index contributed by atoms with van der Waals surface area (Å²) in [5.41, 5.74) is 11.2. The predicted octanol–water partition coefficient (Wildman–Crippen LogP) is 2.58. The van der Waals surface area contributed by atoms with Gasteiger partial charge in [0.25, 0.3) is 0 Å². The van der Waals surface area contributed by atoms with Gasteiger partial charge in [0.05, 0.1) is 5.01 Å². The van der Waals surface area contributed by atoms with E-state index in [1.807, 2.05) is 0 Å². The lowest BCUT2D eigenvalue weighted by Crippen LogP contribution is -2.29. The van der Waals surface area contributed by atoms with Gasteiger partial charge in [-0.05, 0) is 30.2 Å². The van der Waals surface area contributed by atoms with Crippen LogP contribution in [0.1, 0.15) is 27.9 Å². The molecule has 1 aliphatic rings. The Hall–Kier alpha value is -1.43. The van der Waals surface area contributed by atoms with Gasteiger partial charge in [0, 0.05) is 63.0 Å². The van der Waals surface area contributed by atoms with Crippen LogP contribution in [0.2, 0.25) is 0 Å². The fourth-order valence-electron chi connectivity index (χ4n) is 3.11. The summed E-state index contributed by atoms with van der Waals surface area (Å²) in [6.07, 6.45) is 1.00. The van der Waals surface area contributed by atoms with Gasteiger partial charge in [0.15, 0.2) is 0 Å². The molecule has 22 heavy (non-hydrogen) atoms. The van der Waals surface area contributed by atoms with Gasteiger partial charge in [-0.15, -0.1) is 11.3 Å². The first-order valence-electron chi connectivity index (χ1n) is 7.73. The van der Waals surface area contributed by atoms with Crippen molar-refractivity contribution in [1.82, 2.24) is 9.88 Å². The molecule has 1 unspecified atom stereocenters. The van der Waals surface area contributed by atoms with Crippen molar-refractivity contribution < 1.29 is 0 Å². The molecular formula is C17H24N4S. The summed E-state index contributed by atoms with van der Waals surface area (Å²) in [6.45, 7) is 4.73. The minimum absolute atomic E-state index is 0.330. The Bertz CT molecular complexity index is 650. The van der Waals surface area contributed by atoms with Crippen molar-refractivity contribution >= 4 is 17.0 Å². The average Bonchev–Trinajstić information content (AvgIpc) is 3.06. The van der Waals surface area contributed by atoms with Gasteiger partial charge in [-0.2, -0.15) is 0 Å². The van der Waals surface area contributed by atoms with Crippen molar-refractivity contribution in [2.45, 2.75) is 25.9 Å². The van der Waals surface area contributed by atoms with Gasteiger partial charge in [-0.25, -0.2) is 4.98 Å². The molecule has 0 spiro atoms. The second kappa shape index (κ2) is 6.36. The summed E-state index contributed by atoms with van der Waals surface area (Å²) in [5, 5.41) is 3.34. The van der Waals surface area contributed by atoms with Crippen LogP contribution in [-0.2, 0) is 13.0 Å². The number of rotatable bonds is 5. The number of aromatic nitrogens is 1. The topological polar surface area (TPSA) is 45.4 Å². The van der Waals surface area contributed by atoms with Crippen molar-refractivity contribution in [3.8, 4) is 0 Å². The molecule has 1 aromatic heterocycles. The number of aryl methyl sites for hydroxylation is 1. The maximum atomic E-state index is 6.07. The molecule has 4 nitrogen and oxygen atoms in total. The van der Waals surface area contributed by atoms with E-state index >= 15 is 0 Å². The Morgan fingerprint density at radius 3 is 2.86 bits per heavy atom. The molecule has 2 N–H and O–H groups in total. The van der Waals surface area contributed by atoms with Crippen LogP contribution in [0, 0.1) is 6.92 Å². The summed E-state index contributed by atoms with van der Waals surface area (Å²) < 4.78 is 0. The zero-order valence-electron chi connectivity index (χ0n) is 13.5. The van der Waals surface area contributed by atoms with Crippen molar-refractivity contribution in [2.75, 3.05) is 32.1 Å². The van der Waals surface area contributed by atoms with Gasteiger partial charge < -0.3 is 10.6 Å². The van der Waals surface area contributed by atoms with Gasteiger partial charge in [0.2, 0.25) is 0 Å². The standard InChI is InChI=1S/C17H24N4S/c1-12-11-22-17(19-12)6-7-21-10-13-4-5-14(20(2)3)8-15(13)16(21)9-18/h4-5,8,11,16H,6-7,9-10,18H2,1-3H3. The van der Waals surface area contributed by atoms with Crippen LogP contribution < -0.4 is 10.6 Å². The summed E-state index contributed by atoms with van der Waals surface area (Å²) >= 11 is 1.76. The van der Waals surface area contributed by atoms with Gasteiger partial charge in [-0.1, -0.05) is 6.07 Å². The molecule has 1 aliphatic heterocycles. The Morgan fingerprint density at radius 1 is 1.41 bits per heavy atom. The fourth-order valence-corrected chi connectivity index (χ4v) is 3.87. The molecule has 3 rings (SSSR count). The maximum Gasteiger partial charge on any atom is 0.0940 e. The molecule has 0 aliphatic carbocycles. The van der Waals surface area contributed by atoms with Crippen LogP contribution in [0.3, 0.4) is 0 Å². The first kappa shape index (κ1) is 15.5. The molecule has 2 heterocycles. The zero-order valence-corrected chi connectivity index (χ0v) is 14.4. The van der Waals surface area contributed by atoms with Crippen molar-refractivity contribution in [3.05, 3.63) is 45.4 Å². The SMILES string of the molecule is Cc1csc(CCN2Cc3ccc(N(C)C)cc3C2CN)n1. The third-order valence-corrected chi connectivity index (χ3v) is 5.35. The lowest BCUT2D eigenvalue weighted by molar-refractivity contribution is 0.223. The first-order valence-corrected chi connectivity index (χ1v) is 8.61. The van der Waals surface area contributed by atoms with Crippen molar-refractivity contribution in [1.29, 1.82) is 0 Å². The third-order valence-electron chi connectivity index (χ3n) is 4.32. The predicted molar refractivity (Wildman–Crippen MR) is 93.5 cm³/mol. The molecule has 1 aromatic carbocycles. The highest BCUT2D eigenvalue weighted by Gasteiger charge is 2.29. The molecular weight excluding hydrogens is 292 g/mol. The molecule has 0 bridgehead atoms. The molecule has 0 amide bonds. The minimum atomic E-state index is 0.330.